The smallest absolute Gasteiger partial charge is 0.179 e. The van der Waals surface area contributed by atoms with E-state index in [1.807, 2.05) is 12.1 Å². The molecule has 0 saturated heterocycles. The average Bonchev–Trinajstić information content (AvgIpc) is 2.52. The predicted octanol–water partition coefficient (Wildman–Crippen LogP) is 5.72. The standard InChI is InChI=1S/C17H22BrClO2/c1-20-16-10-12(9-15(19)17(16)21-2)8-14(11-18)13-6-4-3-5-7-13/h8-10,13H,3-7,11H2,1-2H3/b14-8-. The second-order valence-electron chi connectivity index (χ2n) is 5.43. The van der Waals surface area contributed by atoms with Gasteiger partial charge in [-0.25, -0.2) is 0 Å². The van der Waals surface area contributed by atoms with Gasteiger partial charge in [0.2, 0.25) is 0 Å². The van der Waals surface area contributed by atoms with Crippen LogP contribution in [0.15, 0.2) is 17.7 Å². The Hall–Kier alpha value is -0.670. The molecular weight excluding hydrogens is 352 g/mol. The summed E-state index contributed by atoms with van der Waals surface area (Å²) in [6.45, 7) is 0. The molecule has 0 amide bonds. The molecule has 1 fully saturated rings. The van der Waals surface area contributed by atoms with E-state index in [1.54, 1.807) is 14.2 Å². The molecule has 21 heavy (non-hydrogen) atoms. The summed E-state index contributed by atoms with van der Waals surface area (Å²) in [4.78, 5) is 0. The summed E-state index contributed by atoms with van der Waals surface area (Å²) in [5, 5.41) is 1.49. The third-order valence-electron chi connectivity index (χ3n) is 4.09. The highest BCUT2D eigenvalue weighted by Gasteiger charge is 2.18. The van der Waals surface area contributed by atoms with Crippen molar-refractivity contribution >= 4 is 33.6 Å². The van der Waals surface area contributed by atoms with E-state index in [4.69, 9.17) is 21.1 Å². The Labute approximate surface area is 140 Å². The van der Waals surface area contributed by atoms with Gasteiger partial charge in [0.15, 0.2) is 11.5 Å². The number of hydrogen-bond donors (Lipinski definition) is 0. The van der Waals surface area contributed by atoms with Crippen molar-refractivity contribution in [3.05, 3.63) is 28.3 Å². The summed E-state index contributed by atoms with van der Waals surface area (Å²) < 4.78 is 10.7. The molecule has 1 aliphatic carbocycles. The maximum Gasteiger partial charge on any atom is 0.179 e. The fourth-order valence-electron chi connectivity index (χ4n) is 2.97. The second kappa shape index (κ2) is 8.09. The summed E-state index contributed by atoms with van der Waals surface area (Å²) >= 11 is 9.91. The van der Waals surface area contributed by atoms with E-state index < -0.39 is 0 Å². The monoisotopic (exact) mass is 372 g/mol. The minimum atomic E-state index is 0.584. The van der Waals surface area contributed by atoms with E-state index in [0.717, 1.165) is 10.9 Å². The Morgan fingerprint density at radius 1 is 1.24 bits per heavy atom. The number of ether oxygens (including phenoxy) is 2. The Morgan fingerprint density at radius 2 is 1.95 bits per heavy atom. The van der Waals surface area contributed by atoms with Gasteiger partial charge < -0.3 is 9.47 Å². The first-order valence-electron chi connectivity index (χ1n) is 7.37. The van der Waals surface area contributed by atoms with E-state index in [1.165, 1.54) is 37.7 Å². The van der Waals surface area contributed by atoms with Crippen molar-refractivity contribution in [3.63, 3.8) is 0 Å². The molecule has 2 rings (SSSR count). The number of methoxy groups -OCH3 is 2. The second-order valence-corrected chi connectivity index (χ2v) is 6.39. The van der Waals surface area contributed by atoms with E-state index in [9.17, 15) is 0 Å². The fraction of sp³-hybridized carbons (Fsp3) is 0.529. The molecule has 0 atom stereocenters. The molecule has 1 aliphatic rings. The highest BCUT2D eigenvalue weighted by Crippen LogP contribution is 2.38. The van der Waals surface area contributed by atoms with Crippen molar-refractivity contribution < 1.29 is 9.47 Å². The van der Waals surface area contributed by atoms with Gasteiger partial charge in [0, 0.05) is 5.33 Å². The number of halogens is 2. The normalized spacial score (nSPS) is 16.9. The molecule has 116 valence electrons. The van der Waals surface area contributed by atoms with Crippen LogP contribution in [0, 0.1) is 5.92 Å². The molecule has 1 aromatic carbocycles. The van der Waals surface area contributed by atoms with Gasteiger partial charge in [0.05, 0.1) is 19.2 Å². The number of rotatable bonds is 5. The highest BCUT2D eigenvalue weighted by molar-refractivity contribution is 9.09. The van der Waals surface area contributed by atoms with Crippen LogP contribution in [0.25, 0.3) is 6.08 Å². The zero-order chi connectivity index (χ0) is 15.2. The lowest BCUT2D eigenvalue weighted by Gasteiger charge is -2.23. The zero-order valence-electron chi connectivity index (χ0n) is 12.6. The first-order chi connectivity index (χ1) is 10.2. The van der Waals surface area contributed by atoms with Gasteiger partial charge in [0.25, 0.3) is 0 Å². The minimum Gasteiger partial charge on any atom is -0.493 e. The maximum atomic E-state index is 6.28. The van der Waals surface area contributed by atoms with Gasteiger partial charge in [-0.3, -0.25) is 0 Å². The van der Waals surface area contributed by atoms with Gasteiger partial charge in [-0.05, 0) is 36.5 Å². The van der Waals surface area contributed by atoms with Crippen LogP contribution >= 0.6 is 27.5 Å². The molecular formula is C17H22BrClO2. The van der Waals surface area contributed by atoms with Crippen LogP contribution in [0.4, 0.5) is 0 Å². The molecule has 0 heterocycles. The third kappa shape index (κ3) is 4.17. The van der Waals surface area contributed by atoms with Gasteiger partial charge in [-0.1, -0.05) is 58.4 Å². The highest BCUT2D eigenvalue weighted by atomic mass is 79.9. The Bertz CT molecular complexity index is 508. The Balaban J connectivity index is 2.31. The number of hydrogen-bond acceptors (Lipinski definition) is 2. The van der Waals surface area contributed by atoms with E-state index in [2.05, 4.69) is 22.0 Å². The molecule has 0 N–H and O–H groups in total. The molecule has 1 aromatic rings. The largest absolute Gasteiger partial charge is 0.493 e. The van der Waals surface area contributed by atoms with Crippen LogP contribution in [0.2, 0.25) is 5.02 Å². The summed E-state index contributed by atoms with van der Waals surface area (Å²) in [7, 11) is 3.24. The topological polar surface area (TPSA) is 18.5 Å². The van der Waals surface area contributed by atoms with Crippen molar-refractivity contribution in [2.45, 2.75) is 32.1 Å². The van der Waals surface area contributed by atoms with Crippen LogP contribution in [0.1, 0.15) is 37.7 Å². The quantitative estimate of drug-likeness (QED) is 0.615. The van der Waals surface area contributed by atoms with Gasteiger partial charge in [-0.2, -0.15) is 0 Å². The molecule has 4 heteroatoms. The molecule has 2 nitrogen and oxygen atoms in total. The summed E-state index contributed by atoms with van der Waals surface area (Å²) in [6, 6.07) is 3.92. The van der Waals surface area contributed by atoms with Crippen molar-refractivity contribution in [3.8, 4) is 11.5 Å². The third-order valence-corrected chi connectivity index (χ3v) is 5.02. The fourth-order valence-corrected chi connectivity index (χ4v) is 3.89. The summed E-state index contributed by atoms with van der Waals surface area (Å²) in [6.07, 6.45) is 8.85. The molecule has 0 radical (unpaired) electrons. The van der Waals surface area contributed by atoms with E-state index in [-0.39, 0.29) is 0 Å². The molecule has 1 saturated carbocycles. The summed E-state index contributed by atoms with van der Waals surface area (Å²) in [5.74, 6) is 1.95. The zero-order valence-corrected chi connectivity index (χ0v) is 15.0. The van der Waals surface area contributed by atoms with Crippen LogP contribution in [-0.2, 0) is 0 Å². The number of allylic oxidation sites excluding steroid dienone is 1. The van der Waals surface area contributed by atoms with Gasteiger partial charge >= 0.3 is 0 Å². The van der Waals surface area contributed by atoms with Crippen molar-refractivity contribution in [2.24, 2.45) is 5.92 Å². The molecule has 0 spiro atoms. The van der Waals surface area contributed by atoms with Gasteiger partial charge in [-0.15, -0.1) is 0 Å². The predicted molar refractivity (Wildman–Crippen MR) is 92.9 cm³/mol. The molecule has 0 aliphatic heterocycles. The molecule has 0 unspecified atom stereocenters. The van der Waals surface area contributed by atoms with Gasteiger partial charge in [0.1, 0.15) is 0 Å². The number of benzene rings is 1. The SMILES string of the molecule is COc1cc(/C=C(/CBr)C2CCCCC2)cc(Cl)c1OC. The number of alkyl halides is 1. The molecule has 0 bridgehead atoms. The summed E-state index contributed by atoms with van der Waals surface area (Å²) in [5.41, 5.74) is 2.51. The molecule has 0 aromatic heterocycles. The van der Waals surface area contributed by atoms with Crippen molar-refractivity contribution in [2.75, 3.05) is 19.5 Å². The van der Waals surface area contributed by atoms with E-state index >= 15 is 0 Å². The maximum absolute atomic E-state index is 6.28. The Morgan fingerprint density at radius 3 is 2.52 bits per heavy atom. The van der Waals surface area contributed by atoms with Crippen molar-refractivity contribution in [1.82, 2.24) is 0 Å². The lowest BCUT2D eigenvalue weighted by atomic mass is 9.84. The lowest BCUT2D eigenvalue weighted by molar-refractivity contribution is 0.355. The van der Waals surface area contributed by atoms with Crippen LogP contribution in [0.3, 0.4) is 0 Å². The first kappa shape index (κ1) is 16.7. The first-order valence-corrected chi connectivity index (χ1v) is 8.87. The van der Waals surface area contributed by atoms with Crippen LogP contribution in [-0.4, -0.2) is 19.5 Å². The van der Waals surface area contributed by atoms with Crippen LogP contribution < -0.4 is 9.47 Å². The van der Waals surface area contributed by atoms with Crippen LogP contribution in [0.5, 0.6) is 11.5 Å². The average molecular weight is 374 g/mol. The Kier molecular flexibility index (Phi) is 6.43. The van der Waals surface area contributed by atoms with Crippen molar-refractivity contribution in [1.29, 1.82) is 0 Å². The lowest BCUT2D eigenvalue weighted by Crippen LogP contribution is -2.10. The minimum absolute atomic E-state index is 0.584. The van der Waals surface area contributed by atoms with E-state index in [0.29, 0.717) is 22.4 Å².